The lowest BCUT2D eigenvalue weighted by atomic mass is 9.99. The van der Waals surface area contributed by atoms with Crippen molar-refractivity contribution in [2.75, 3.05) is 19.6 Å². The van der Waals surface area contributed by atoms with Crippen molar-refractivity contribution in [3.8, 4) is 0 Å². The van der Waals surface area contributed by atoms with Crippen LogP contribution in [-0.4, -0.2) is 29.6 Å². The minimum absolute atomic E-state index is 0.337. The monoisotopic (exact) mass is 263 g/mol. The highest BCUT2D eigenvalue weighted by Crippen LogP contribution is 2.21. The molecule has 0 amide bonds. The highest BCUT2D eigenvalue weighted by molar-refractivity contribution is 5.31. The summed E-state index contributed by atoms with van der Waals surface area (Å²) in [6, 6.07) is 6.30. The second-order valence-corrected chi connectivity index (χ2v) is 5.45. The third kappa shape index (κ3) is 5.33. The predicted octanol–water partition coefficient (Wildman–Crippen LogP) is 3.85. The third-order valence-electron chi connectivity index (χ3n) is 3.78. The number of hydrogen-bond acceptors (Lipinski definition) is 2. The van der Waals surface area contributed by atoms with E-state index in [-0.39, 0.29) is 6.10 Å². The van der Waals surface area contributed by atoms with Gasteiger partial charge in [-0.1, -0.05) is 44.0 Å². The Morgan fingerprint density at radius 1 is 1.16 bits per heavy atom. The summed E-state index contributed by atoms with van der Waals surface area (Å²) in [5.74, 6) is 0. The second kappa shape index (κ2) is 8.34. The van der Waals surface area contributed by atoms with Gasteiger partial charge in [0.1, 0.15) is 0 Å². The maximum atomic E-state index is 10.3. The fourth-order valence-corrected chi connectivity index (χ4v) is 2.47. The molecule has 0 spiro atoms. The van der Waals surface area contributed by atoms with Gasteiger partial charge in [-0.25, -0.2) is 0 Å². The first-order chi connectivity index (χ1) is 9.08. The van der Waals surface area contributed by atoms with Gasteiger partial charge in [0.15, 0.2) is 0 Å². The molecule has 0 heterocycles. The molecule has 0 aliphatic heterocycles. The van der Waals surface area contributed by atoms with Gasteiger partial charge in [-0.2, -0.15) is 0 Å². The molecule has 1 N–H and O–H groups in total. The van der Waals surface area contributed by atoms with E-state index in [0.29, 0.717) is 0 Å². The van der Waals surface area contributed by atoms with Crippen molar-refractivity contribution in [3.63, 3.8) is 0 Å². The molecule has 1 aromatic rings. The molecule has 0 saturated heterocycles. The maximum absolute atomic E-state index is 10.3. The van der Waals surface area contributed by atoms with Crippen LogP contribution < -0.4 is 0 Å². The van der Waals surface area contributed by atoms with E-state index < -0.39 is 0 Å². The first-order valence-electron chi connectivity index (χ1n) is 7.56. The van der Waals surface area contributed by atoms with Crippen LogP contribution in [0.15, 0.2) is 18.2 Å². The lowest BCUT2D eigenvalue weighted by Crippen LogP contribution is -2.27. The number of benzene rings is 1. The van der Waals surface area contributed by atoms with Crippen molar-refractivity contribution in [2.24, 2.45) is 0 Å². The van der Waals surface area contributed by atoms with Crippen LogP contribution in [0.2, 0.25) is 0 Å². The Labute approximate surface area is 118 Å². The minimum Gasteiger partial charge on any atom is -0.388 e. The largest absolute Gasteiger partial charge is 0.388 e. The first kappa shape index (κ1) is 16.2. The summed E-state index contributed by atoms with van der Waals surface area (Å²) in [5.41, 5.74) is 3.54. The van der Waals surface area contributed by atoms with Crippen molar-refractivity contribution in [1.82, 2.24) is 4.90 Å². The quantitative estimate of drug-likeness (QED) is 0.770. The Bertz CT molecular complexity index is 376. The SMILES string of the molecule is CCCCN(CC)CCC(O)c1ccc(C)cc1C. The minimum atomic E-state index is -0.337. The first-order valence-corrected chi connectivity index (χ1v) is 7.56. The highest BCUT2D eigenvalue weighted by atomic mass is 16.3. The van der Waals surface area contributed by atoms with E-state index in [1.807, 2.05) is 0 Å². The number of aryl methyl sites for hydroxylation is 2. The fourth-order valence-electron chi connectivity index (χ4n) is 2.47. The van der Waals surface area contributed by atoms with Crippen molar-refractivity contribution in [3.05, 3.63) is 34.9 Å². The Balaban J connectivity index is 2.51. The molecule has 2 heteroatoms. The maximum Gasteiger partial charge on any atom is 0.0804 e. The molecule has 0 aliphatic carbocycles. The van der Waals surface area contributed by atoms with Gasteiger partial charge < -0.3 is 10.0 Å². The summed E-state index contributed by atoms with van der Waals surface area (Å²) in [6.45, 7) is 11.8. The lowest BCUT2D eigenvalue weighted by molar-refractivity contribution is 0.142. The van der Waals surface area contributed by atoms with Crippen molar-refractivity contribution in [2.45, 2.75) is 53.1 Å². The van der Waals surface area contributed by atoms with Gasteiger partial charge in [0.05, 0.1) is 6.10 Å². The fraction of sp³-hybridized carbons (Fsp3) is 0.647. The lowest BCUT2D eigenvalue weighted by Gasteiger charge is -2.22. The van der Waals surface area contributed by atoms with Gasteiger partial charge in [0, 0.05) is 6.54 Å². The van der Waals surface area contributed by atoms with Gasteiger partial charge >= 0.3 is 0 Å². The van der Waals surface area contributed by atoms with Crippen molar-refractivity contribution >= 4 is 0 Å². The summed E-state index contributed by atoms with van der Waals surface area (Å²) < 4.78 is 0. The zero-order valence-electron chi connectivity index (χ0n) is 12.9. The number of nitrogens with zero attached hydrogens (tertiary/aromatic N) is 1. The van der Waals surface area contributed by atoms with Gasteiger partial charge in [-0.3, -0.25) is 0 Å². The molecule has 0 aliphatic rings. The molecule has 1 aromatic carbocycles. The van der Waals surface area contributed by atoms with Crippen LogP contribution in [0.4, 0.5) is 0 Å². The standard InChI is InChI=1S/C17H29NO/c1-5-7-11-18(6-2)12-10-17(19)16-9-8-14(3)13-15(16)4/h8-9,13,17,19H,5-7,10-12H2,1-4H3. The molecule has 0 fully saturated rings. The molecular weight excluding hydrogens is 234 g/mol. The Morgan fingerprint density at radius 2 is 1.89 bits per heavy atom. The Kier molecular flexibility index (Phi) is 7.11. The summed E-state index contributed by atoms with van der Waals surface area (Å²) in [7, 11) is 0. The molecule has 108 valence electrons. The van der Waals surface area contributed by atoms with E-state index in [0.717, 1.165) is 31.6 Å². The number of aliphatic hydroxyl groups is 1. The molecule has 0 radical (unpaired) electrons. The van der Waals surface area contributed by atoms with E-state index in [9.17, 15) is 5.11 Å². The van der Waals surface area contributed by atoms with E-state index in [2.05, 4.69) is 50.8 Å². The average molecular weight is 263 g/mol. The van der Waals surface area contributed by atoms with Crippen molar-refractivity contribution < 1.29 is 5.11 Å². The van der Waals surface area contributed by atoms with Crippen molar-refractivity contribution in [1.29, 1.82) is 0 Å². The molecule has 2 nitrogen and oxygen atoms in total. The molecule has 1 atom stereocenters. The topological polar surface area (TPSA) is 23.5 Å². The van der Waals surface area contributed by atoms with Gasteiger partial charge in [0.2, 0.25) is 0 Å². The Morgan fingerprint density at radius 3 is 2.47 bits per heavy atom. The van der Waals surface area contributed by atoms with Gasteiger partial charge in [0.25, 0.3) is 0 Å². The summed E-state index contributed by atoms with van der Waals surface area (Å²) in [5, 5.41) is 10.3. The normalized spacial score (nSPS) is 12.9. The van der Waals surface area contributed by atoms with E-state index in [1.54, 1.807) is 0 Å². The number of aliphatic hydroxyl groups excluding tert-OH is 1. The van der Waals surface area contributed by atoms with Crippen LogP contribution in [0.1, 0.15) is 55.9 Å². The number of rotatable bonds is 8. The van der Waals surface area contributed by atoms with Crippen LogP contribution in [0.25, 0.3) is 0 Å². The van der Waals surface area contributed by atoms with Crippen LogP contribution >= 0.6 is 0 Å². The predicted molar refractivity (Wildman–Crippen MR) is 82.5 cm³/mol. The van der Waals surface area contributed by atoms with E-state index >= 15 is 0 Å². The number of unbranched alkanes of at least 4 members (excludes halogenated alkanes) is 1. The second-order valence-electron chi connectivity index (χ2n) is 5.45. The third-order valence-corrected chi connectivity index (χ3v) is 3.78. The average Bonchev–Trinajstić information content (AvgIpc) is 2.38. The zero-order chi connectivity index (χ0) is 14.3. The molecule has 19 heavy (non-hydrogen) atoms. The van der Waals surface area contributed by atoms with E-state index in [4.69, 9.17) is 0 Å². The van der Waals surface area contributed by atoms with Crippen LogP contribution in [0.3, 0.4) is 0 Å². The van der Waals surface area contributed by atoms with Gasteiger partial charge in [-0.15, -0.1) is 0 Å². The summed E-state index contributed by atoms with van der Waals surface area (Å²) in [6.07, 6.45) is 2.96. The molecule has 0 aromatic heterocycles. The summed E-state index contributed by atoms with van der Waals surface area (Å²) >= 11 is 0. The van der Waals surface area contributed by atoms with Crippen LogP contribution in [0.5, 0.6) is 0 Å². The molecular formula is C17H29NO. The Hall–Kier alpha value is -0.860. The highest BCUT2D eigenvalue weighted by Gasteiger charge is 2.12. The molecule has 0 saturated carbocycles. The molecule has 1 unspecified atom stereocenters. The summed E-state index contributed by atoms with van der Waals surface area (Å²) in [4.78, 5) is 2.43. The molecule has 1 rings (SSSR count). The van der Waals surface area contributed by atoms with E-state index in [1.165, 1.54) is 24.0 Å². The van der Waals surface area contributed by atoms with Crippen LogP contribution in [-0.2, 0) is 0 Å². The van der Waals surface area contributed by atoms with Crippen LogP contribution in [0, 0.1) is 13.8 Å². The smallest absolute Gasteiger partial charge is 0.0804 e. The zero-order valence-corrected chi connectivity index (χ0v) is 12.9. The number of hydrogen-bond donors (Lipinski definition) is 1. The molecule has 0 bridgehead atoms. The van der Waals surface area contributed by atoms with Gasteiger partial charge in [-0.05, 0) is 50.9 Å².